The Balaban J connectivity index is 1.91. The van der Waals surface area contributed by atoms with Crippen molar-refractivity contribution in [2.45, 2.75) is 38.7 Å². The monoisotopic (exact) mass is 234 g/mol. The number of aliphatic hydroxyl groups is 1. The van der Waals surface area contributed by atoms with Crippen LogP contribution >= 0.6 is 0 Å². The third-order valence-electron chi connectivity index (χ3n) is 3.37. The van der Waals surface area contributed by atoms with Gasteiger partial charge in [-0.2, -0.15) is 0 Å². The summed E-state index contributed by atoms with van der Waals surface area (Å²) in [6, 6.07) is 4.10. The van der Waals surface area contributed by atoms with Crippen LogP contribution in [0.1, 0.15) is 37.4 Å². The lowest BCUT2D eigenvalue weighted by molar-refractivity contribution is 0.138. The van der Waals surface area contributed by atoms with Crippen LogP contribution in [0.5, 0.6) is 0 Å². The molecule has 94 valence electrons. The maximum atomic E-state index is 10.2. The maximum absolute atomic E-state index is 10.2. The molecule has 2 unspecified atom stereocenters. The van der Waals surface area contributed by atoms with Crippen LogP contribution in [-0.4, -0.2) is 29.3 Å². The Morgan fingerprint density at radius 3 is 3.06 bits per heavy atom. The predicted molar refractivity (Wildman–Crippen MR) is 69.0 cm³/mol. The molecule has 3 heteroatoms. The van der Waals surface area contributed by atoms with Crippen molar-refractivity contribution in [2.24, 2.45) is 5.92 Å². The molecule has 2 atom stereocenters. The summed E-state index contributed by atoms with van der Waals surface area (Å²) in [5.41, 5.74) is 2.41. The molecular weight excluding hydrogens is 212 g/mol. The van der Waals surface area contributed by atoms with Crippen LogP contribution in [0.15, 0.2) is 18.3 Å². The van der Waals surface area contributed by atoms with Gasteiger partial charge in [-0.3, -0.25) is 4.98 Å². The van der Waals surface area contributed by atoms with Gasteiger partial charge in [0.15, 0.2) is 0 Å². The molecule has 0 radical (unpaired) electrons. The molecule has 0 fully saturated rings. The average molecular weight is 234 g/mol. The van der Waals surface area contributed by atoms with Crippen molar-refractivity contribution >= 4 is 0 Å². The van der Waals surface area contributed by atoms with Gasteiger partial charge in [0.25, 0.3) is 0 Å². The molecule has 0 amide bonds. The molecule has 0 spiro atoms. The summed E-state index contributed by atoms with van der Waals surface area (Å²) < 4.78 is 0. The number of aromatic nitrogens is 1. The van der Waals surface area contributed by atoms with Gasteiger partial charge in [0, 0.05) is 24.4 Å². The average Bonchev–Trinajstić information content (AvgIpc) is 2.72. The first kappa shape index (κ1) is 12.5. The highest BCUT2D eigenvalue weighted by Crippen LogP contribution is 2.33. The fourth-order valence-corrected chi connectivity index (χ4v) is 2.48. The summed E-state index contributed by atoms with van der Waals surface area (Å²) >= 11 is 0. The Labute approximate surface area is 103 Å². The van der Waals surface area contributed by atoms with Crippen molar-refractivity contribution in [1.82, 2.24) is 10.3 Å². The van der Waals surface area contributed by atoms with Crippen LogP contribution in [0.3, 0.4) is 0 Å². The van der Waals surface area contributed by atoms with Gasteiger partial charge in [-0.15, -0.1) is 0 Å². The number of aryl methyl sites for hydroxylation is 1. The predicted octanol–water partition coefficient (Wildman–Crippen LogP) is 1.72. The molecule has 17 heavy (non-hydrogen) atoms. The van der Waals surface area contributed by atoms with Crippen LogP contribution in [-0.2, 0) is 6.42 Å². The Kier molecular flexibility index (Phi) is 4.13. The summed E-state index contributed by atoms with van der Waals surface area (Å²) in [7, 11) is 0. The number of nitrogens with one attached hydrogen (secondary N) is 1. The highest BCUT2D eigenvalue weighted by Gasteiger charge is 2.29. The zero-order valence-electron chi connectivity index (χ0n) is 10.7. The second kappa shape index (κ2) is 5.61. The molecule has 0 aliphatic heterocycles. The Hall–Kier alpha value is -0.930. The first-order chi connectivity index (χ1) is 8.18. The van der Waals surface area contributed by atoms with Gasteiger partial charge in [0.2, 0.25) is 0 Å². The van der Waals surface area contributed by atoms with E-state index < -0.39 is 0 Å². The van der Waals surface area contributed by atoms with E-state index in [1.807, 2.05) is 12.3 Å². The molecule has 1 aromatic rings. The van der Waals surface area contributed by atoms with Crippen molar-refractivity contribution in [3.63, 3.8) is 0 Å². The molecule has 3 nitrogen and oxygen atoms in total. The van der Waals surface area contributed by atoms with Gasteiger partial charge in [-0.25, -0.2) is 0 Å². The summed E-state index contributed by atoms with van der Waals surface area (Å²) in [4.78, 5) is 4.42. The summed E-state index contributed by atoms with van der Waals surface area (Å²) in [5.74, 6) is 0.835. The topological polar surface area (TPSA) is 45.1 Å². The summed E-state index contributed by atoms with van der Waals surface area (Å²) in [6.45, 7) is 5.97. The standard InChI is InChI=1S/C14H22N2O/c1-10(2)8-15-9-13(17)12-6-5-11-4-3-7-16-14(11)12/h3-4,7,10,12-13,15,17H,5-6,8-9H2,1-2H3. The lowest BCUT2D eigenvalue weighted by Crippen LogP contribution is -2.33. The quantitative estimate of drug-likeness (QED) is 0.815. The van der Waals surface area contributed by atoms with Crippen molar-refractivity contribution < 1.29 is 5.11 Å². The molecule has 1 heterocycles. The van der Waals surface area contributed by atoms with Crippen LogP contribution in [0, 0.1) is 5.92 Å². The third-order valence-corrected chi connectivity index (χ3v) is 3.37. The fraction of sp³-hybridized carbons (Fsp3) is 0.643. The first-order valence-corrected chi connectivity index (χ1v) is 6.51. The molecule has 2 N–H and O–H groups in total. The van der Waals surface area contributed by atoms with E-state index in [1.165, 1.54) is 5.56 Å². The number of aliphatic hydroxyl groups excluding tert-OH is 1. The molecule has 0 saturated heterocycles. The lowest BCUT2D eigenvalue weighted by atomic mass is 9.99. The van der Waals surface area contributed by atoms with E-state index in [9.17, 15) is 5.11 Å². The largest absolute Gasteiger partial charge is 0.391 e. The molecule has 1 aromatic heterocycles. The number of nitrogens with zero attached hydrogens (tertiary/aromatic N) is 1. The Morgan fingerprint density at radius 1 is 1.47 bits per heavy atom. The molecule has 0 bridgehead atoms. The van der Waals surface area contributed by atoms with E-state index in [4.69, 9.17) is 0 Å². The van der Waals surface area contributed by atoms with E-state index in [1.54, 1.807) is 0 Å². The minimum Gasteiger partial charge on any atom is -0.391 e. The number of fused-ring (bicyclic) bond motifs is 1. The van der Waals surface area contributed by atoms with Gasteiger partial charge in [0.05, 0.1) is 6.10 Å². The highest BCUT2D eigenvalue weighted by atomic mass is 16.3. The van der Waals surface area contributed by atoms with Crippen LogP contribution < -0.4 is 5.32 Å². The van der Waals surface area contributed by atoms with Crippen molar-refractivity contribution in [3.8, 4) is 0 Å². The van der Waals surface area contributed by atoms with Gasteiger partial charge >= 0.3 is 0 Å². The van der Waals surface area contributed by atoms with E-state index in [-0.39, 0.29) is 12.0 Å². The van der Waals surface area contributed by atoms with E-state index >= 15 is 0 Å². The van der Waals surface area contributed by atoms with E-state index in [0.29, 0.717) is 12.5 Å². The second-order valence-electron chi connectivity index (χ2n) is 5.31. The minimum absolute atomic E-state index is 0.214. The molecule has 0 saturated carbocycles. The Morgan fingerprint density at radius 2 is 2.29 bits per heavy atom. The van der Waals surface area contributed by atoms with Crippen LogP contribution in [0.4, 0.5) is 0 Å². The molecule has 0 aromatic carbocycles. The maximum Gasteiger partial charge on any atom is 0.0748 e. The zero-order valence-corrected chi connectivity index (χ0v) is 10.7. The third kappa shape index (κ3) is 3.05. The normalized spacial score (nSPS) is 20.6. The lowest BCUT2D eigenvalue weighted by Gasteiger charge is -2.19. The van der Waals surface area contributed by atoms with E-state index in [0.717, 1.165) is 25.1 Å². The van der Waals surface area contributed by atoms with Gasteiger partial charge in [-0.1, -0.05) is 19.9 Å². The summed E-state index contributed by atoms with van der Waals surface area (Å²) in [5, 5.41) is 13.5. The molecule has 1 aliphatic carbocycles. The van der Waals surface area contributed by atoms with Crippen molar-refractivity contribution in [3.05, 3.63) is 29.6 Å². The van der Waals surface area contributed by atoms with Gasteiger partial charge in [-0.05, 0) is 36.9 Å². The number of rotatable bonds is 5. The van der Waals surface area contributed by atoms with Crippen molar-refractivity contribution in [2.75, 3.05) is 13.1 Å². The van der Waals surface area contributed by atoms with Gasteiger partial charge < -0.3 is 10.4 Å². The number of pyridine rings is 1. The number of hydrogen-bond donors (Lipinski definition) is 2. The number of hydrogen-bond acceptors (Lipinski definition) is 3. The highest BCUT2D eigenvalue weighted by molar-refractivity contribution is 5.29. The fourth-order valence-electron chi connectivity index (χ4n) is 2.48. The smallest absolute Gasteiger partial charge is 0.0748 e. The molecular formula is C14H22N2O. The van der Waals surface area contributed by atoms with Gasteiger partial charge in [0.1, 0.15) is 0 Å². The molecule has 1 aliphatic rings. The second-order valence-corrected chi connectivity index (χ2v) is 5.31. The van der Waals surface area contributed by atoms with E-state index in [2.05, 4.69) is 30.2 Å². The molecule has 2 rings (SSSR count). The summed E-state index contributed by atoms with van der Waals surface area (Å²) in [6.07, 6.45) is 3.59. The van der Waals surface area contributed by atoms with Crippen LogP contribution in [0.25, 0.3) is 0 Å². The first-order valence-electron chi connectivity index (χ1n) is 6.51. The van der Waals surface area contributed by atoms with Crippen LogP contribution in [0.2, 0.25) is 0 Å². The SMILES string of the molecule is CC(C)CNCC(O)C1CCc2cccnc21. The minimum atomic E-state index is -0.315. The Bertz CT molecular complexity index is 365. The van der Waals surface area contributed by atoms with Crippen molar-refractivity contribution in [1.29, 1.82) is 0 Å². The zero-order chi connectivity index (χ0) is 12.3.